The van der Waals surface area contributed by atoms with Gasteiger partial charge in [0.05, 0.1) is 29.0 Å². The predicted octanol–water partition coefficient (Wildman–Crippen LogP) is 3.27. The summed E-state index contributed by atoms with van der Waals surface area (Å²) < 4.78 is 40.3. The lowest BCUT2D eigenvalue weighted by Crippen LogP contribution is -2.28. The van der Waals surface area contributed by atoms with Gasteiger partial charge in [0.2, 0.25) is 0 Å². The van der Waals surface area contributed by atoms with Crippen LogP contribution in [-0.4, -0.2) is 31.3 Å². The quantitative estimate of drug-likeness (QED) is 0.521. The fraction of sp³-hybridized carbons (Fsp3) is 0.235. The monoisotopic (exact) mass is 473 g/mol. The van der Waals surface area contributed by atoms with Gasteiger partial charge in [-0.05, 0) is 13.0 Å². The number of amides is 2. The Bertz CT molecular complexity index is 1150. The third-order valence-electron chi connectivity index (χ3n) is 4.12. The Balaban J connectivity index is 1.69. The number of nitrogens with one attached hydrogen (secondary N) is 2. The topological polar surface area (TPSA) is 128 Å². The SMILES string of the molecule is CC(NC(=O)c1cnc(N)n1C)c1ncc(C(=O)Nc2cc(C(F)(F)F)c(Cl)cn2)s1. The second-order valence-electron chi connectivity index (χ2n) is 6.32. The molecule has 0 aromatic carbocycles. The van der Waals surface area contributed by atoms with Crippen molar-refractivity contribution >= 4 is 46.5 Å². The minimum Gasteiger partial charge on any atom is -0.369 e. The first-order valence-corrected chi connectivity index (χ1v) is 9.74. The first-order valence-electron chi connectivity index (χ1n) is 8.55. The maximum absolute atomic E-state index is 13.0. The maximum Gasteiger partial charge on any atom is 0.418 e. The molecule has 0 spiro atoms. The molecule has 3 heterocycles. The van der Waals surface area contributed by atoms with E-state index in [4.69, 9.17) is 17.3 Å². The molecule has 31 heavy (non-hydrogen) atoms. The largest absolute Gasteiger partial charge is 0.418 e. The minimum absolute atomic E-state index is 0.117. The Kier molecular flexibility index (Phi) is 6.18. The number of rotatable bonds is 5. The molecule has 0 fully saturated rings. The summed E-state index contributed by atoms with van der Waals surface area (Å²) in [7, 11) is 1.59. The van der Waals surface area contributed by atoms with Gasteiger partial charge in [-0.15, -0.1) is 11.3 Å². The summed E-state index contributed by atoms with van der Waals surface area (Å²) in [6, 6.07) is 0.0885. The number of nitrogens with zero attached hydrogens (tertiary/aromatic N) is 4. The van der Waals surface area contributed by atoms with Gasteiger partial charge >= 0.3 is 6.18 Å². The molecule has 9 nitrogen and oxygen atoms in total. The second-order valence-corrected chi connectivity index (χ2v) is 7.79. The lowest BCUT2D eigenvalue weighted by atomic mass is 10.2. The molecular formula is C17H15ClF3N7O2S. The number of imidazole rings is 1. The summed E-state index contributed by atoms with van der Waals surface area (Å²) in [5, 5.41) is 4.82. The highest BCUT2D eigenvalue weighted by molar-refractivity contribution is 7.13. The van der Waals surface area contributed by atoms with Crippen LogP contribution in [0.4, 0.5) is 24.9 Å². The lowest BCUT2D eigenvalue weighted by Gasteiger charge is -2.11. The Morgan fingerprint density at radius 1 is 1.19 bits per heavy atom. The van der Waals surface area contributed by atoms with Crippen LogP contribution in [0.15, 0.2) is 24.7 Å². The van der Waals surface area contributed by atoms with Crippen LogP contribution in [0, 0.1) is 0 Å². The number of hydrogen-bond donors (Lipinski definition) is 3. The van der Waals surface area contributed by atoms with E-state index in [1.54, 1.807) is 14.0 Å². The Morgan fingerprint density at radius 2 is 1.90 bits per heavy atom. The van der Waals surface area contributed by atoms with Gasteiger partial charge in [-0.25, -0.2) is 15.0 Å². The average Bonchev–Trinajstić information content (AvgIpc) is 3.30. The number of nitrogens with two attached hydrogens (primary N) is 1. The zero-order chi connectivity index (χ0) is 22.9. The Morgan fingerprint density at radius 3 is 2.52 bits per heavy atom. The van der Waals surface area contributed by atoms with E-state index < -0.39 is 34.6 Å². The van der Waals surface area contributed by atoms with E-state index in [1.807, 2.05) is 0 Å². The highest BCUT2D eigenvalue weighted by atomic mass is 35.5. The number of nitrogen functional groups attached to an aromatic ring is 1. The van der Waals surface area contributed by atoms with Crippen molar-refractivity contribution in [3.63, 3.8) is 0 Å². The minimum atomic E-state index is -4.69. The molecule has 0 aliphatic carbocycles. The third kappa shape index (κ3) is 4.94. The van der Waals surface area contributed by atoms with Crippen LogP contribution in [0.3, 0.4) is 0 Å². The van der Waals surface area contributed by atoms with Crippen LogP contribution < -0.4 is 16.4 Å². The highest BCUT2D eigenvalue weighted by Gasteiger charge is 2.34. The van der Waals surface area contributed by atoms with E-state index in [2.05, 4.69) is 25.6 Å². The molecule has 4 N–H and O–H groups in total. The summed E-state index contributed by atoms with van der Waals surface area (Å²) >= 11 is 6.49. The van der Waals surface area contributed by atoms with Crippen molar-refractivity contribution in [1.29, 1.82) is 0 Å². The summed E-state index contributed by atoms with van der Waals surface area (Å²) in [5.41, 5.74) is 4.73. The molecule has 3 aromatic heterocycles. The average molecular weight is 474 g/mol. The molecule has 14 heteroatoms. The first kappa shape index (κ1) is 22.5. The van der Waals surface area contributed by atoms with Crippen LogP contribution in [0.1, 0.15) is 43.7 Å². The molecule has 2 amide bonds. The lowest BCUT2D eigenvalue weighted by molar-refractivity contribution is -0.137. The van der Waals surface area contributed by atoms with Crippen LogP contribution in [0.25, 0.3) is 0 Å². The van der Waals surface area contributed by atoms with Crippen molar-refractivity contribution in [1.82, 2.24) is 24.8 Å². The standard InChI is InChI=1S/C17H15ClF3N7O2S/c1-7(26-13(29)10-5-25-16(22)28(10)2)15-24-6-11(31-15)14(30)27-12-3-8(17(19,20)21)9(18)4-23-12/h3-7H,1-2H3,(H2,22,25)(H,26,29)(H,23,27,30). The third-order valence-corrected chi connectivity index (χ3v) is 5.60. The summed E-state index contributed by atoms with van der Waals surface area (Å²) in [6.45, 7) is 1.66. The molecule has 1 atom stereocenters. The molecule has 0 saturated heterocycles. The van der Waals surface area contributed by atoms with Crippen LogP contribution in [-0.2, 0) is 13.2 Å². The molecule has 0 radical (unpaired) electrons. The van der Waals surface area contributed by atoms with E-state index in [9.17, 15) is 22.8 Å². The Labute approximate surface area is 182 Å². The second kappa shape index (κ2) is 8.51. The smallest absolute Gasteiger partial charge is 0.369 e. The molecule has 1 unspecified atom stereocenters. The van der Waals surface area contributed by atoms with Gasteiger partial charge < -0.3 is 20.9 Å². The number of carbonyl (C=O) groups is 2. The zero-order valence-electron chi connectivity index (χ0n) is 16.0. The van der Waals surface area contributed by atoms with Gasteiger partial charge in [-0.3, -0.25) is 9.59 Å². The molecule has 3 aromatic rings. The molecule has 0 bridgehead atoms. The summed E-state index contributed by atoms with van der Waals surface area (Å²) in [4.78, 5) is 36.5. The molecule has 164 valence electrons. The van der Waals surface area contributed by atoms with E-state index in [0.717, 1.165) is 17.5 Å². The number of hydrogen-bond acceptors (Lipinski definition) is 7. The van der Waals surface area contributed by atoms with Gasteiger partial charge in [0.25, 0.3) is 11.8 Å². The Hall–Kier alpha value is -3.19. The fourth-order valence-corrected chi connectivity index (χ4v) is 3.49. The van der Waals surface area contributed by atoms with E-state index in [0.29, 0.717) is 11.1 Å². The molecule has 3 rings (SSSR count). The number of pyridine rings is 1. The molecule has 0 saturated carbocycles. The number of anilines is 2. The highest BCUT2D eigenvalue weighted by Crippen LogP contribution is 2.35. The van der Waals surface area contributed by atoms with Crippen molar-refractivity contribution in [2.24, 2.45) is 7.05 Å². The number of aromatic nitrogens is 4. The number of thiazole rings is 1. The van der Waals surface area contributed by atoms with Crippen molar-refractivity contribution in [2.45, 2.75) is 19.1 Å². The number of halogens is 4. The van der Waals surface area contributed by atoms with Crippen molar-refractivity contribution in [3.8, 4) is 0 Å². The van der Waals surface area contributed by atoms with Crippen LogP contribution in [0.2, 0.25) is 5.02 Å². The summed E-state index contributed by atoms with van der Waals surface area (Å²) in [6.07, 6.45) is -1.31. The van der Waals surface area contributed by atoms with E-state index in [1.165, 1.54) is 17.0 Å². The maximum atomic E-state index is 13.0. The zero-order valence-corrected chi connectivity index (χ0v) is 17.6. The van der Waals surface area contributed by atoms with Gasteiger partial charge in [-0.2, -0.15) is 13.2 Å². The van der Waals surface area contributed by atoms with Gasteiger partial charge in [-0.1, -0.05) is 11.6 Å². The van der Waals surface area contributed by atoms with Gasteiger partial charge in [0.1, 0.15) is 21.4 Å². The van der Waals surface area contributed by atoms with Crippen molar-refractivity contribution in [3.05, 3.63) is 50.8 Å². The van der Waals surface area contributed by atoms with Gasteiger partial charge in [0.15, 0.2) is 5.95 Å². The predicted molar refractivity (Wildman–Crippen MR) is 108 cm³/mol. The fourth-order valence-electron chi connectivity index (χ4n) is 2.46. The van der Waals surface area contributed by atoms with Crippen LogP contribution >= 0.6 is 22.9 Å². The summed E-state index contributed by atoms with van der Waals surface area (Å²) in [5.74, 6) is -1.28. The normalized spacial score (nSPS) is 12.5. The van der Waals surface area contributed by atoms with Crippen molar-refractivity contribution in [2.75, 3.05) is 11.1 Å². The molecule has 0 aliphatic heterocycles. The van der Waals surface area contributed by atoms with E-state index >= 15 is 0 Å². The molecule has 0 aliphatic rings. The molecular weight excluding hydrogens is 459 g/mol. The van der Waals surface area contributed by atoms with Crippen molar-refractivity contribution < 1.29 is 22.8 Å². The van der Waals surface area contributed by atoms with Crippen LogP contribution in [0.5, 0.6) is 0 Å². The van der Waals surface area contributed by atoms with Gasteiger partial charge in [0, 0.05) is 13.2 Å². The van der Waals surface area contributed by atoms with E-state index in [-0.39, 0.29) is 22.3 Å². The first-order chi connectivity index (χ1) is 14.5. The number of carbonyl (C=O) groups excluding carboxylic acids is 2. The number of alkyl halides is 3.